The number of carbonyl (C=O) groups is 3. The topological polar surface area (TPSA) is 111 Å². The van der Waals surface area contributed by atoms with Gasteiger partial charge in [0.2, 0.25) is 0 Å². The number of methoxy groups -OCH3 is 1. The average molecular weight is 478 g/mol. The molecule has 1 amide bonds. The van der Waals surface area contributed by atoms with Crippen LogP contribution in [0.4, 0.5) is 4.79 Å². The van der Waals surface area contributed by atoms with E-state index in [1.807, 2.05) is 44.2 Å². The van der Waals surface area contributed by atoms with Gasteiger partial charge >= 0.3 is 18.0 Å². The van der Waals surface area contributed by atoms with Gasteiger partial charge in [-0.1, -0.05) is 44.2 Å². The van der Waals surface area contributed by atoms with Crippen molar-refractivity contribution in [3.05, 3.63) is 35.9 Å². The van der Waals surface area contributed by atoms with Crippen LogP contribution in [0.3, 0.4) is 0 Å². The molecule has 1 fully saturated rings. The third kappa shape index (κ3) is 7.99. The van der Waals surface area contributed by atoms with Gasteiger partial charge in [-0.15, -0.1) is 0 Å². The van der Waals surface area contributed by atoms with Crippen LogP contribution in [0.25, 0.3) is 0 Å². The van der Waals surface area contributed by atoms with E-state index in [0.717, 1.165) is 5.56 Å². The fraction of sp³-hybridized carbons (Fsp3) is 0.640. The van der Waals surface area contributed by atoms with Crippen LogP contribution in [0, 0.1) is 5.41 Å². The van der Waals surface area contributed by atoms with Crippen molar-refractivity contribution in [3.63, 3.8) is 0 Å². The third-order valence-corrected chi connectivity index (χ3v) is 5.96. The SMILES string of the molecule is COC(=O)[C@@H]1CN(CCC(C)(C)[C@H](N)C(=O)OCc2ccccc2)CCN1C(=O)OC(C)(C)C. The van der Waals surface area contributed by atoms with Crippen molar-refractivity contribution in [2.45, 2.75) is 65.3 Å². The first-order valence-electron chi connectivity index (χ1n) is 11.6. The summed E-state index contributed by atoms with van der Waals surface area (Å²) in [6, 6.07) is 7.89. The van der Waals surface area contributed by atoms with Crippen molar-refractivity contribution >= 4 is 18.0 Å². The maximum atomic E-state index is 12.6. The second-order valence-electron chi connectivity index (χ2n) is 10.3. The van der Waals surface area contributed by atoms with E-state index in [2.05, 4.69) is 4.90 Å². The molecule has 1 aliphatic heterocycles. The molecule has 0 spiro atoms. The summed E-state index contributed by atoms with van der Waals surface area (Å²) >= 11 is 0. The van der Waals surface area contributed by atoms with Gasteiger partial charge in [-0.25, -0.2) is 9.59 Å². The lowest BCUT2D eigenvalue weighted by molar-refractivity contribution is -0.149. The van der Waals surface area contributed by atoms with Crippen molar-refractivity contribution in [2.75, 3.05) is 33.3 Å². The van der Waals surface area contributed by atoms with Crippen LogP contribution in [0.2, 0.25) is 0 Å². The monoisotopic (exact) mass is 477 g/mol. The molecule has 9 heteroatoms. The Kier molecular flexibility index (Phi) is 9.46. The van der Waals surface area contributed by atoms with Crippen LogP contribution < -0.4 is 5.73 Å². The first-order valence-corrected chi connectivity index (χ1v) is 11.6. The summed E-state index contributed by atoms with van der Waals surface area (Å²) in [4.78, 5) is 41.1. The molecule has 1 saturated heterocycles. The van der Waals surface area contributed by atoms with Crippen LogP contribution >= 0.6 is 0 Å². The first-order chi connectivity index (χ1) is 15.8. The number of piperazine rings is 1. The van der Waals surface area contributed by atoms with Gasteiger partial charge in [0.25, 0.3) is 0 Å². The molecule has 0 saturated carbocycles. The van der Waals surface area contributed by atoms with Crippen LogP contribution in [0.1, 0.15) is 46.6 Å². The third-order valence-electron chi connectivity index (χ3n) is 5.96. The first kappa shape index (κ1) is 27.6. The van der Waals surface area contributed by atoms with E-state index in [0.29, 0.717) is 32.6 Å². The molecular formula is C25H39N3O6. The van der Waals surface area contributed by atoms with Gasteiger partial charge in [0.15, 0.2) is 0 Å². The molecule has 190 valence electrons. The number of nitrogens with zero attached hydrogens (tertiary/aromatic N) is 2. The molecule has 0 aromatic heterocycles. The molecular weight excluding hydrogens is 438 g/mol. The van der Waals surface area contributed by atoms with Gasteiger partial charge in [0, 0.05) is 19.6 Å². The van der Waals surface area contributed by atoms with Gasteiger partial charge in [-0.3, -0.25) is 14.6 Å². The summed E-state index contributed by atoms with van der Waals surface area (Å²) < 4.78 is 15.8. The molecule has 9 nitrogen and oxygen atoms in total. The number of hydrogen-bond donors (Lipinski definition) is 1. The number of ether oxygens (including phenoxy) is 3. The van der Waals surface area contributed by atoms with Gasteiger partial charge in [0.05, 0.1) is 7.11 Å². The normalized spacial score (nSPS) is 18.2. The largest absolute Gasteiger partial charge is 0.467 e. The van der Waals surface area contributed by atoms with E-state index in [1.54, 1.807) is 20.8 Å². The Hall–Kier alpha value is -2.65. The smallest absolute Gasteiger partial charge is 0.411 e. The molecule has 34 heavy (non-hydrogen) atoms. The molecule has 2 N–H and O–H groups in total. The number of rotatable bonds is 8. The van der Waals surface area contributed by atoms with E-state index < -0.39 is 41.1 Å². The van der Waals surface area contributed by atoms with Crippen molar-refractivity contribution in [2.24, 2.45) is 11.1 Å². The van der Waals surface area contributed by atoms with Crippen molar-refractivity contribution in [3.8, 4) is 0 Å². The van der Waals surface area contributed by atoms with Crippen LogP contribution in [-0.2, 0) is 30.4 Å². The summed E-state index contributed by atoms with van der Waals surface area (Å²) in [6.07, 6.45) is 0.0700. The zero-order valence-corrected chi connectivity index (χ0v) is 21.2. The zero-order valence-electron chi connectivity index (χ0n) is 21.2. The summed E-state index contributed by atoms with van der Waals surface area (Å²) in [5.74, 6) is -0.938. The van der Waals surface area contributed by atoms with E-state index in [-0.39, 0.29) is 6.61 Å². The highest BCUT2D eigenvalue weighted by atomic mass is 16.6. The van der Waals surface area contributed by atoms with Crippen LogP contribution in [-0.4, -0.2) is 78.8 Å². The predicted molar refractivity (Wildman–Crippen MR) is 128 cm³/mol. The molecule has 1 heterocycles. The fourth-order valence-electron chi connectivity index (χ4n) is 3.66. The van der Waals surface area contributed by atoms with Crippen molar-refractivity contribution in [1.82, 2.24) is 9.80 Å². The number of benzene rings is 1. The van der Waals surface area contributed by atoms with Crippen molar-refractivity contribution < 1.29 is 28.6 Å². The average Bonchev–Trinajstić information content (AvgIpc) is 2.79. The highest BCUT2D eigenvalue weighted by molar-refractivity contribution is 5.82. The molecule has 1 aliphatic rings. The second kappa shape index (κ2) is 11.7. The molecule has 1 aromatic carbocycles. The number of nitrogens with two attached hydrogens (primary N) is 1. The molecule has 0 unspecified atom stereocenters. The van der Waals surface area contributed by atoms with Crippen LogP contribution in [0.5, 0.6) is 0 Å². The summed E-state index contributed by atoms with van der Waals surface area (Å²) in [6.45, 7) is 11.2. The summed E-state index contributed by atoms with van der Waals surface area (Å²) in [7, 11) is 1.30. The quantitative estimate of drug-likeness (QED) is 0.449. The Morgan fingerprint density at radius 3 is 2.32 bits per heavy atom. The van der Waals surface area contributed by atoms with E-state index in [1.165, 1.54) is 12.0 Å². The predicted octanol–water partition coefficient (Wildman–Crippen LogP) is 2.57. The van der Waals surface area contributed by atoms with E-state index in [9.17, 15) is 14.4 Å². The number of carbonyl (C=O) groups excluding carboxylic acids is 3. The maximum absolute atomic E-state index is 12.6. The molecule has 0 aliphatic carbocycles. The maximum Gasteiger partial charge on any atom is 0.411 e. The highest BCUT2D eigenvalue weighted by Gasteiger charge is 2.39. The molecule has 2 atom stereocenters. The Morgan fingerprint density at radius 2 is 1.74 bits per heavy atom. The molecule has 0 radical (unpaired) electrons. The number of esters is 2. The van der Waals surface area contributed by atoms with Gasteiger partial charge in [0.1, 0.15) is 24.3 Å². The van der Waals surface area contributed by atoms with Gasteiger partial charge in [-0.05, 0) is 44.7 Å². The summed E-state index contributed by atoms with van der Waals surface area (Å²) in [5.41, 5.74) is 5.96. The highest BCUT2D eigenvalue weighted by Crippen LogP contribution is 2.26. The molecule has 0 bridgehead atoms. The Morgan fingerprint density at radius 1 is 1.09 bits per heavy atom. The van der Waals surface area contributed by atoms with E-state index >= 15 is 0 Å². The fourth-order valence-corrected chi connectivity index (χ4v) is 3.66. The lowest BCUT2D eigenvalue weighted by Crippen LogP contribution is -2.59. The van der Waals surface area contributed by atoms with Gasteiger partial charge < -0.3 is 19.9 Å². The number of hydrogen-bond acceptors (Lipinski definition) is 8. The van der Waals surface area contributed by atoms with Crippen molar-refractivity contribution in [1.29, 1.82) is 0 Å². The lowest BCUT2D eigenvalue weighted by Gasteiger charge is -2.41. The zero-order chi connectivity index (χ0) is 25.5. The minimum atomic E-state index is -0.796. The van der Waals surface area contributed by atoms with Gasteiger partial charge in [-0.2, -0.15) is 0 Å². The molecule has 2 rings (SSSR count). The van der Waals surface area contributed by atoms with E-state index in [4.69, 9.17) is 19.9 Å². The molecule has 1 aromatic rings. The Balaban J connectivity index is 1.93. The standard InChI is InChI=1S/C25H39N3O6/c1-24(2,3)34-23(31)28-15-14-27(16-19(28)21(29)32-6)13-12-25(4,5)20(26)22(30)33-17-18-10-8-7-9-11-18/h7-11,19-20H,12-17,26H2,1-6H3/t19-,20+/m0/s1. The summed E-state index contributed by atoms with van der Waals surface area (Å²) in [5, 5.41) is 0. The second-order valence-corrected chi connectivity index (χ2v) is 10.3. The Bertz CT molecular complexity index is 837. The number of amides is 1. The van der Waals surface area contributed by atoms with Crippen LogP contribution in [0.15, 0.2) is 30.3 Å². The minimum absolute atomic E-state index is 0.177. The lowest BCUT2D eigenvalue weighted by atomic mass is 9.81. The Labute approximate surface area is 202 Å². The minimum Gasteiger partial charge on any atom is -0.467 e.